The number of hydrogen-bond donors (Lipinski definition) is 1. The van der Waals surface area contributed by atoms with E-state index in [2.05, 4.69) is 15.7 Å². The average molecular weight is 309 g/mol. The van der Waals surface area contributed by atoms with Crippen molar-refractivity contribution in [3.63, 3.8) is 0 Å². The van der Waals surface area contributed by atoms with Gasteiger partial charge in [0.15, 0.2) is 0 Å². The van der Waals surface area contributed by atoms with Crippen LogP contribution in [0.1, 0.15) is 35.9 Å². The molecule has 116 valence electrons. The number of amides is 1. The molecule has 5 nitrogen and oxygen atoms in total. The Morgan fingerprint density at radius 3 is 3.24 bits per heavy atom. The Morgan fingerprint density at radius 1 is 1.62 bits per heavy atom. The number of hydrogen-bond acceptors (Lipinski definition) is 5. The number of ether oxygens (including phenoxy) is 1. The molecule has 2 aliphatic rings. The van der Waals surface area contributed by atoms with Crippen LogP contribution in [-0.4, -0.2) is 54.7 Å². The first kappa shape index (κ1) is 14.9. The molecule has 3 heterocycles. The van der Waals surface area contributed by atoms with Crippen LogP contribution >= 0.6 is 11.3 Å². The molecule has 1 amide bonds. The number of thiazole rings is 1. The van der Waals surface area contributed by atoms with Crippen LogP contribution in [0.25, 0.3) is 0 Å². The average Bonchev–Trinajstić information content (AvgIpc) is 2.95. The van der Waals surface area contributed by atoms with E-state index in [1.54, 1.807) is 11.3 Å². The first-order valence-electron chi connectivity index (χ1n) is 7.73. The summed E-state index contributed by atoms with van der Waals surface area (Å²) in [5.41, 5.74) is 1.09. The summed E-state index contributed by atoms with van der Waals surface area (Å²) in [5, 5.41) is 6.63. The van der Waals surface area contributed by atoms with Crippen LogP contribution < -0.4 is 5.32 Å². The topological polar surface area (TPSA) is 54.5 Å². The van der Waals surface area contributed by atoms with Gasteiger partial charge in [-0.25, -0.2) is 4.98 Å². The van der Waals surface area contributed by atoms with Crippen molar-refractivity contribution in [3.05, 3.63) is 16.1 Å². The fourth-order valence-corrected chi connectivity index (χ4v) is 3.98. The Bertz CT molecular complexity index is 485. The smallest absolute Gasteiger partial charge is 0.224 e. The summed E-state index contributed by atoms with van der Waals surface area (Å²) in [6, 6.07) is 0.175. The van der Waals surface area contributed by atoms with Crippen molar-refractivity contribution in [3.8, 4) is 0 Å². The molecule has 0 spiro atoms. The van der Waals surface area contributed by atoms with Crippen molar-refractivity contribution in [2.24, 2.45) is 0 Å². The molecule has 1 aromatic heterocycles. The zero-order chi connectivity index (χ0) is 14.7. The molecule has 0 saturated carbocycles. The van der Waals surface area contributed by atoms with Crippen molar-refractivity contribution in [2.75, 3.05) is 32.8 Å². The van der Waals surface area contributed by atoms with Gasteiger partial charge < -0.3 is 15.0 Å². The van der Waals surface area contributed by atoms with Crippen LogP contribution in [0, 0.1) is 6.92 Å². The third-order valence-electron chi connectivity index (χ3n) is 4.18. The maximum atomic E-state index is 12.5. The highest BCUT2D eigenvalue weighted by molar-refractivity contribution is 7.09. The molecule has 21 heavy (non-hydrogen) atoms. The molecule has 2 unspecified atom stereocenters. The van der Waals surface area contributed by atoms with Crippen molar-refractivity contribution in [1.29, 1.82) is 0 Å². The number of aromatic nitrogens is 1. The highest BCUT2D eigenvalue weighted by atomic mass is 32.1. The number of carbonyl (C=O) groups excluding carboxylic acids is 1. The van der Waals surface area contributed by atoms with Crippen LogP contribution in [0.5, 0.6) is 0 Å². The lowest BCUT2D eigenvalue weighted by Crippen LogP contribution is -2.46. The lowest BCUT2D eigenvalue weighted by molar-refractivity contribution is -0.133. The quantitative estimate of drug-likeness (QED) is 0.920. The predicted molar refractivity (Wildman–Crippen MR) is 82.6 cm³/mol. The molecule has 0 aliphatic carbocycles. The van der Waals surface area contributed by atoms with E-state index >= 15 is 0 Å². The highest BCUT2D eigenvalue weighted by Gasteiger charge is 2.28. The Morgan fingerprint density at radius 2 is 2.52 bits per heavy atom. The second-order valence-electron chi connectivity index (χ2n) is 5.94. The van der Waals surface area contributed by atoms with E-state index < -0.39 is 0 Å². The van der Waals surface area contributed by atoms with Gasteiger partial charge in [-0.3, -0.25) is 4.79 Å². The molecule has 2 fully saturated rings. The van der Waals surface area contributed by atoms with Gasteiger partial charge >= 0.3 is 0 Å². The summed E-state index contributed by atoms with van der Waals surface area (Å²) in [4.78, 5) is 19.1. The van der Waals surface area contributed by atoms with Gasteiger partial charge in [-0.1, -0.05) is 0 Å². The molecule has 2 saturated heterocycles. The number of aryl methyl sites for hydroxylation is 1. The second kappa shape index (κ2) is 6.85. The molecule has 2 aliphatic heterocycles. The fraction of sp³-hybridized carbons (Fsp3) is 0.733. The molecule has 3 rings (SSSR count). The van der Waals surface area contributed by atoms with Crippen LogP contribution in [0.3, 0.4) is 0 Å². The number of piperidine rings is 1. The van der Waals surface area contributed by atoms with E-state index in [4.69, 9.17) is 4.74 Å². The monoisotopic (exact) mass is 309 g/mol. The number of morpholine rings is 1. The predicted octanol–water partition coefficient (Wildman–Crippen LogP) is 1.54. The number of nitrogens with zero attached hydrogens (tertiary/aromatic N) is 2. The van der Waals surface area contributed by atoms with Gasteiger partial charge in [-0.2, -0.15) is 0 Å². The minimum Gasteiger partial charge on any atom is -0.378 e. The Labute approximate surface area is 129 Å². The van der Waals surface area contributed by atoms with Crippen LogP contribution in [0.4, 0.5) is 0 Å². The van der Waals surface area contributed by atoms with E-state index in [1.165, 1.54) is 5.01 Å². The van der Waals surface area contributed by atoms with Gasteiger partial charge in [-0.05, 0) is 19.8 Å². The summed E-state index contributed by atoms with van der Waals surface area (Å²) in [7, 11) is 0. The molecular formula is C15H23N3O2S. The van der Waals surface area contributed by atoms with E-state index in [0.29, 0.717) is 18.9 Å². The number of likely N-dealkylation sites (tertiary alicyclic amines) is 1. The lowest BCUT2D eigenvalue weighted by atomic mass is 9.98. The van der Waals surface area contributed by atoms with Gasteiger partial charge in [0.1, 0.15) is 0 Å². The van der Waals surface area contributed by atoms with Crippen molar-refractivity contribution < 1.29 is 9.53 Å². The highest BCUT2D eigenvalue weighted by Crippen LogP contribution is 2.29. The molecule has 0 bridgehead atoms. The van der Waals surface area contributed by atoms with Crippen molar-refractivity contribution in [1.82, 2.24) is 15.2 Å². The van der Waals surface area contributed by atoms with E-state index in [1.807, 2.05) is 11.8 Å². The van der Waals surface area contributed by atoms with Crippen LogP contribution in [0.15, 0.2) is 5.38 Å². The Balaban J connectivity index is 1.56. The second-order valence-corrected chi connectivity index (χ2v) is 6.83. The minimum absolute atomic E-state index is 0.175. The van der Waals surface area contributed by atoms with E-state index in [9.17, 15) is 4.79 Å². The third-order valence-corrected chi connectivity index (χ3v) is 5.30. The van der Waals surface area contributed by atoms with Crippen molar-refractivity contribution in [2.45, 2.75) is 38.1 Å². The SMILES string of the molecule is Cc1csc(C2CCCN(C(=O)CC3COCCN3)C2)n1. The first-order valence-corrected chi connectivity index (χ1v) is 8.61. The maximum Gasteiger partial charge on any atom is 0.224 e. The Hall–Kier alpha value is -0.980. The molecule has 0 radical (unpaired) electrons. The molecule has 6 heteroatoms. The van der Waals surface area contributed by atoms with Crippen molar-refractivity contribution >= 4 is 17.2 Å². The largest absolute Gasteiger partial charge is 0.378 e. The third kappa shape index (κ3) is 3.81. The van der Waals surface area contributed by atoms with Crippen LogP contribution in [-0.2, 0) is 9.53 Å². The summed E-state index contributed by atoms with van der Waals surface area (Å²) < 4.78 is 5.42. The minimum atomic E-state index is 0.175. The molecule has 1 N–H and O–H groups in total. The zero-order valence-electron chi connectivity index (χ0n) is 12.5. The number of rotatable bonds is 3. The van der Waals surface area contributed by atoms with Gasteiger partial charge in [-0.15, -0.1) is 11.3 Å². The van der Waals surface area contributed by atoms with Gasteiger partial charge in [0, 0.05) is 49.1 Å². The molecule has 0 aromatic carbocycles. The first-order chi connectivity index (χ1) is 10.2. The summed E-state index contributed by atoms with van der Waals surface area (Å²) in [6.07, 6.45) is 2.76. The summed E-state index contributed by atoms with van der Waals surface area (Å²) in [5.74, 6) is 0.660. The summed E-state index contributed by atoms with van der Waals surface area (Å²) >= 11 is 1.72. The number of carbonyl (C=O) groups is 1. The van der Waals surface area contributed by atoms with E-state index in [0.717, 1.165) is 44.8 Å². The zero-order valence-corrected chi connectivity index (χ0v) is 13.3. The molecule has 2 atom stereocenters. The fourth-order valence-electron chi connectivity index (χ4n) is 3.06. The lowest BCUT2D eigenvalue weighted by Gasteiger charge is -2.33. The maximum absolute atomic E-state index is 12.5. The van der Waals surface area contributed by atoms with E-state index in [-0.39, 0.29) is 11.9 Å². The van der Waals surface area contributed by atoms with Gasteiger partial charge in [0.05, 0.1) is 18.2 Å². The normalized spacial score (nSPS) is 26.8. The van der Waals surface area contributed by atoms with Gasteiger partial charge in [0.2, 0.25) is 5.91 Å². The van der Waals surface area contributed by atoms with Crippen LogP contribution in [0.2, 0.25) is 0 Å². The molecule has 1 aromatic rings. The molecular weight excluding hydrogens is 286 g/mol. The Kier molecular flexibility index (Phi) is 4.87. The number of nitrogens with one attached hydrogen (secondary N) is 1. The van der Waals surface area contributed by atoms with Gasteiger partial charge in [0.25, 0.3) is 0 Å². The standard InChI is InChI=1S/C15H23N3O2S/c1-11-10-21-15(17-11)12-3-2-5-18(8-12)14(19)7-13-9-20-6-4-16-13/h10,12-13,16H,2-9H2,1H3. The summed E-state index contributed by atoms with van der Waals surface area (Å²) in [6.45, 7) is 5.97.